The van der Waals surface area contributed by atoms with Crippen molar-refractivity contribution >= 4 is 11.7 Å². The van der Waals surface area contributed by atoms with Gasteiger partial charge in [0, 0.05) is 30.7 Å². The number of nitrogens with one attached hydrogen (secondary N) is 2. The summed E-state index contributed by atoms with van der Waals surface area (Å²) in [5.74, 6) is -0.742. The van der Waals surface area contributed by atoms with Crippen LogP contribution in [0.5, 0.6) is 0 Å². The summed E-state index contributed by atoms with van der Waals surface area (Å²) in [6.45, 7) is 4.54. The van der Waals surface area contributed by atoms with Gasteiger partial charge in [-0.05, 0) is 30.7 Å². The molecule has 2 N–H and O–H groups in total. The molecule has 1 aromatic heterocycles. The first-order valence-electron chi connectivity index (χ1n) is 8.23. The van der Waals surface area contributed by atoms with Gasteiger partial charge in [0.15, 0.2) is 12.1 Å². The van der Waals surface area contributed by atoms with Crippen LogP contribution in [0.15, 0.2) is 10.9 Å². The summed E-state index contributed by atoms with van der Waals surface area (Å²) in [6.07, 6.45) is 3.11. The van der Waals surface area contributed by atoms with Gasteiger partial charge in [-0.25, -0.2) is 10.3 Å². The van der Waals surface area contributed by atoms with Crippen LogP contribution in [0, 0.1) is 5.41 Å². The normalized spacial score (nSPS) is 22.8. The predicted octanol–water partition coefficient (Wildman–Crippen LogP) is 1.72. The van der Waals surface area contributed by atoms with Crippen LogP contribution in [0.25, 0.3) is 0 Å². The van der Waals surface area contributed by atoms with Crippen LogP contribution >= 0.6 is 0 Å². The number of Topliss-reactive ketones (excluding diaryl/α,β-unsaturated/α-hetero) is 1. The van der Waals surface area contributed by atoms with Crippen LogP contribution in [-0.2, 0) is 16.0 Å². The largest absolute Gasteiger partial charge is 0.350 e. The van der Waals surface area contributed by atoms with Crippen molar-refractivity contribution in [2.24, 2.45) is 5.41 Å². The number of carbonyl (C=O) groups excluding carboxylic acids is 2. The maximum absolute atomic E-state index is 12.3. The molecule has 2 aliphatic rings. The van der Waals surface area contributed by atoms with Crippen LogP contribution < -0.4 is 11.0 Å². The van der Waals surface area contributed by atoms with Crippen molar-refractivity contribution in [3.63, 3.8) is 0 Å². The molecule has 0 aromatic carbocycles. The summed E-state index contributed by atoms with van der Waals surface area (Å²) in [6, 6.07) is 1.37. The van der Waals surface area contributed by atoms with Crippen LogP contribution in [0.2, 0.25) is 0 Å². The van der Waals surface area contributed by atoms with E-state index in [9.17, 15) is 14.4 Å². The van der Waals surface area contributed by atoms with Gasteiger partial charge in [-0.2, -0.15) is 0 Å². The molecule has 1 aromatic rings. The zero-order valence-corrected chi connectivity index (χ0v) is 13.9. The van der Waals surface area contributed by atoms with Gasteiger partial charge in [0.25, 0.3) is 11.5 Å². The van der Waals surface area contributed by atoms with Crippen molar-refractivity contribution in [1.82, 2.24) is 10.5 Å². The molecule has 1 fully saturated rings. The number of hydrogen-bond acceptors (Lipinski definition) is 5. The number of pyridine rings is 1. The van der Waals surface area contributed by atoms with Crippen molar-refractivity contribution < 1.29 is 19.2 Å². The number of hydrogen-bond donors (Lipinski definition) is 2. The summed E-state index contributed by atoms with van der Waals surface area (Å²) >= 11 is 0. The number of ketones is 1. The quantitative estimate of drug-likeness (QED) is 0.820. The summed E-state index contributed by atoms with van der Waals surface area (Å²) in [5.41, 5.74) is 2.41. The predicted molar refractivity (Wildman–Crippen MR) is 85.6 cm³/mol. The van der Waals surface area contributed by atoms with Crippen LogP contribution in [0.4, 0.5) is 0 Å². The van der Waals surface area contributed by atoms with Gasteiger partial charge in [0.05, 0.1) is 0 Å². The van der Waals surface area contributed by atoms with Crippen LogP contribution in [0.3, 0.4) is 0 Å². The summed E-state index contributed by atoms with van der Waals surface area (Å²) in [5, 5.41) is 0. The lowest BCUT2D eigenvalue weighted by atomic mass is 9.75. The number of carbonyl (C=O) groups is 2. The second kappa shape index (κ2) is 6.49. The third kappa shape index (κ3) is 3.57. The highest BCUT2D eigenvalue weighted by atomic mass is 16.8. The summed E-state index contributed by atoms with van der Waals surface area (Å²) in [4.78, 5) is 44.6. The van der Waals surface area contributed by atoms with E-state index in [1.165, 1.54) is 6.07 Å². The fraction of sp³-hybridized carbons (Fsp3) is 0.588. The third-order valence-corrected chi connectivity index (χ3v) is 4.38. The minimum Gasteiger partial charge on any atom is -0.350 e. The Morgan fingerprint density at radius 1 is 1.33 bits per heavy atom. The first kappa shape index (κ1) is 16.9. The van der Waals surface area contributed by atoms with E-state index >= 15 is 0 Å². The zero-order chi connectivity index (χ0) is 17.3. The Kier molecular flexibility index (Phi) is 4.56. The average molecular weight is 334 g/mol. The number of ether oxygens (including phenoxy) is 1. The SMILES string of the molecule is CC1(C)CC(=O)c2cc(C(=O)NO[C@@H]3CCCCO3)c(=O)[nH]c2C1. The maximum Gasteiger partial charge on any atom is 0.280 e. The number of aromatic nitrogens is 1. The zero-order valence-electron chi connectivity index (χ0n) is 13.9. The summed E-state index contributed by atoms with van der Waals surface area (Å²) < 4.78 is 5.35. The smallest absolute Gasteiger partial charge is 0.280 e. The molecule has 0 bridgehead atoms. The number of amides is 1. The Bertz CT molecular complexity index is 716. The molecular weight excluding hydrogens is 312 g/mol. The van der Waals surface area contributed by atoms with Crippen molar-refractivity contribution in [2.45, 2.75) is 52.2 Å². The fourth-order valence-corrected chi connectivity index (χ4v) is 3.17. The molecule has 0 unspecified atom stereocenters. The summed E-state index contributed by atoms with van der Waals surface area (Å²) in [7, 11) is 0. The molecule has 2 heterocycles. The molecule has 1 aliphatic heterocycles. The molecule has 1 amide bonds. The Morgan fingerprint density at radius 3 is 2.83 bits per heavy atom. The molecule has 3 rings (SSSR count). The van der Waals surface area contributed by atoms with Gasteiger partial charge < -0.3 is 9.72 Å². The first-order valence-corrected chi connectivity index (χ1v) is 8.23. The standard InChI is InChI=1S/C17H22N2O5/c1-17(2)8-12-10(13(20)9-17)7-11(15(21)18-12)16(22)19-24-14-5-3-4-6-23-14/h7,14H,3-6,8-9H2,1-2H3,(H,18,21)(H,19,22)/t14-/m1/s1. The number of hydroxylamine groups is 1. The van der Waals surface area contributed by atoms with E-state index in [0.29, 0.717) is 37.1 Å². The molecule has 0 radical (unpaired) electrons. The molecule has 130 valence electrons. The highest BCUT2D eigenvalue weighted by Gasteiger charge is 2.32. The average Bonchev–Trinajstić information content (AvgIpc) is 2.52. The molecule has 7 nitrogen and oxygen atoms in total. The molecule has 7 heteroatoms. The Balaban J connectivity index is 1.76. The number of aromatic amines is 1. The van der Waals surface area contributed by atoms with Gasteiger partial charge in [0.1, 0.15) is 5.56 Å². The van der Waals surface area contributed by atoms with E-state index < -0.39 is 17.8 Å². The van der Waals surface area contributed by atoms with Gasteiger partial charge >= 0.3 is 0 Å². The molecule has 0 spiro atoms. The lowest BCUT2D eigenvalue weighted by molar-refractivity contribution is -0.186. The highest BCUT2D eigenvalue weighted by molar-refractivity contribution is 6.01. The number of H-pyrrole nitrogens is 1. The molecule has 0 saturated carbocycles. The molecule has 1 aliphatic carbocycles. The number of fused-ring (bicyclic) bond motifs is 1. The maximum atomic E-state index is 12.3. The van der Waals surface area contributed by atoms with Crippen LogP contribution in [-0.4, -0.2) is 29.6 Å². The topological polar surface area (TPSA) is 97.5 Å². The molecule has 1 saturated heterocycles. The minimum absolute atomic E-state index is 0.0666. The lowest BCUT2D eigenvalue weighted by Gasteiger charge is -2.29. The highest BCUT2D eigenvalue weighted by Crippen LogP contribution is 2.33. The first-order chi connectivity index (χ1) is 11.4. The second-order valence-corrected chi connectivity index (χ2v) is 7.19. The van der Waals surface area contributed by atoms with Gasteiger partial charge in [-0.1, -0.05) is 13.8 Å². The van der Waals surface area contributed by atoms with Crippen molar-refractivity contribution in [3.8, 4) is 0 Å². The van der Waals surface area contributed by atoms with E-state index in [0.717, 1.165) is 12.8 Å². The second-order valence-electron chi connectivity index (χ2n) is 7.19. The van der Waals surface area contributed by atoms with Crippen molar-refractivity contribution in [2.75, 3.05) is 6.61 Å². The van der Waals surface area contributed by atoms with E-state index in [1.807, 2.05) is 13.8 Å². The monoisotopic (exact) mass is 334 g/mol. The van der Waals surface area contributed by atoms with E-state index in [2.05, 4.69) is 10.5 Å². The van der Waals surface area contributed by atoms with E-state index in [-0.39, 0.29) is 16.8 Å². The van der Waals surface area contributed by atoms with E-state index in [4.69, 9.17) is 9.57 Å². The van der Waals surface area contributed by atoms with Crippen LogP contribution in [0.1, 0.15) is 65.9 Å². The Hall–Kier alpha value is -1.99. The Morgan fingerprint density at radius 2 is 2.12 bits per heavy atom. The van der Waals surface area contributed by atoms with Crippen molar-refractivity contribution in [1.29, 1.82) is 0 Å². The fourth-order valence-electron chi connectivity index (χ4n) is 3.17. The molecule has 24 heavy (non-hydrogen) atoms. The van der Waals surface area contributed by atoms with Gasteiger partial charge in [-0.15, -0.1) is 0 Å². The number of rotatable bonds is 3. The molecular formula is C17H22N2O5. The van der Waals surface area contributed by atoms with E-state index in [1.54, 1.807) is 0 Å². The van der Waals surface area contributed by atoms with Gasteiger partial charge in [0.2, 0.25) is 0 Å². The minimum atomic E-state index is -0.675. The Labute approximate surface area is 139 Å². The lowest BCUT2D eigenvalue weighted by Crippen LogP contribution is -2.37. The third-order valence-electron chi connectivity index (χ3n) is 4.38. The molecule has 1 atom stereocenters. The van der Waals surface area contributed by atoms with Crippen molar-refractivity contribution in [3.05, 3.63) is 33.2 Å². The van der Waals surface area contributed by atoms with Gasteiger partial charge in [-0.3, -0.25) is 14.4 Å².